The Balaban J connectivity index is 1.53. The molecule has 40 heavy (non-hydrogen) atoms. The van der Waals surface area contributed by atoms with Gasteiger partial charge in [0.25, 0.3) is 0 Å². The Morgan fingerprint density at radius 3 is 2.42 bits per heavy atom. The number of urea groups is 1. The van der Waals surface area contributed by atoms with E-state index in [1.807, 2.05) is 82.4 Å². The number of amides is 2. The number of aromatic nitrogens is 3. The minimum absolute atomic E-state index is 0.218. The van der Waals surface area contributed by atoms with Crippen LogP contribution in [0.1, 0.15) is 35.5 Å². The van der Waals surface area contributed by atoms with E-state index in [9.17, 15) is 4.79 Å². The van der Waals surface area contributed by atoms with Gasteiger partial charge < -0.3 is 24.3 Å². The molecule has 2 aromatic heterocycles. The highest BCUT2D eigenvalue weighted by atomic mass is 16.5. The first-order valence-corrected chi connectivity index (χ1v) is 13.3. The first-order chi connectivity index (χ1) is 19.6. The van der Waals surface area contributed by atoms with Crippen molar-refractivity contribution in [1.82, 2.24) is 19.2 Å². The summed E-state index contributed by atoms with van der Waals surface area (Å²) in [6.07, 6.45) is 2.78. The van der Waals surface area contributed by atoms with E-state index in [2.05, 4.69) is 41.2 Å². The van der Waals surface area contributed by atoms with Crippen molar-refractivity contribution in [3.63, 3.8) is 0 Å². The van der Waals surface area contributed by atoms with Crippen molar-refractivity contribution < 1.29 is 14.3 Å². The number of carbonyl (C=O) groups is 1. The van der Waals surface area contributed by atoms with Crippen LogP contribution < -0.4 is 14.8 Å². The lowest BCUT2D eigenvalue weighted by atomic mass is 10.0. The summed E-state index contributed by atoms with van der Waals surface area (Å²) in [6.45, 7) is 2.47. The van der Waals surface area contributed by atoms with Crippen LogP contribution in [0.15, 0.2) is 97.2 Å². The van der Waals surface area contributed by atoms with Crippen molar-refractivity contribution >= 4 is 11.7 Å². The number of hydrogen-bond acceptors (Lipinski definition) is 4. The molecule has 1 aliphatic heterocycles. The number of ether oxygens (including phenoxy) is 2. The number of benzene rings is 3. The summed E-state index contributed by atoms with van der Waals surface area (Å²) in [5.41, 5.74) is 5.53. The summed E-state index contributed by atoms with van der Waals surface area (Å²) in [7, 11) is 3.26. The van der Waals surface area contributed by atoms with Crippen molar-refractivity contribution in [3.05, 3.63) is 120 Å². The summed E-state index contributed by atoms with van der Waals surface area (Å²) in [5.74, 6) is 2.38. The quantitative estimate of drug-likeness (QED) is 0.275. The average molecular weight is 534 g/mol. The molecule has 202 valence electrons. The molecule has 8 heteroatoms. The second kappa shape index (κ2) is 10.6. The summed E-state index contributed by atoms with van der Waals surface area (Å²) in [4.78, 5) is 16.0. The summed E-state index contributed by atoms with van der Waals surface area (Å²) >= 11 is 0. The van der Waals surface area contributed by atoms with Crippen LogP contribution in [0, 0.1) is 0 Å². The van der Waals surface area contributed by atoms with Gasteiger partial charge in [0.05, 0.1) is 43.9 Å². The predicted molar refractivity (Wildman–Crippen MR) is 155 cm³/mol. The van der Waals surface area contributed by atoms with Crippen LogP contribution in [-0.4, -0.2) is 39.5 Å². The Hall–Kier alpha value is -4.98. The maximum atomic E-state index is 14.2. The number of rotatable bonds is 6. The van der Waals surface area contributed by atoms with Crippen LogP contribution in [0.3, 0.4) is 0 Å². The van der Waals surface area contributed by atoms with E-state index in [0.29, 0.717) is 18.0 Å². The molecule has 1 aliphatic rings. The van der Waals surface area contributed by atoms with Gasteiger partial charge in [-0.2, -0.15) is 5.10 Å². The zero-order valence-electron chi connectivity index (χ0n) is 22.7. The Bertz CT molecular complexity index is 1640. The highest BCUT2D eigenvalue weighted by molar-refractivity contribution is 5.90. The van der Waals surface area contributed by atoms with E-state index in [0.717, 1.165) is 46.2 Å². The minimum Gasteiger partial charge on any atom is -0.497 e. The fourth-order valence-corrected chi connectivity index (χ4v) is 5.38. The Morgan fingerprint density at radius 1 is 0.925 bits per heavy atom. The topological polar surface area (TPSA) is 73.6 Å². The lowest BCUT2D eigenvalue weighted by Crippen LogP contribution is -2.38. The number of nitrogens with zero attached hydrogens (tertiary/aromatic N) is 4. The van der Waals surface area contributed by atoms with Crippen LogP contribution in [0.5, 0.6) is 11.5 Å². The Labute approximate surface area is 233 Å². The molecule has 5 aromatic rings. The molecule has 0 bridgehead atoms. The van der Waals surface area contributed by atoms with Crippen LogP contribution in [0.4, 0.5) is 10.5 Å². The molecule has 0 aliphatic carbocycles. The molecule has 3 heterocycles. The van der Waals surface area contributed by atoms with Gasteiger partial charge in [-0.05, 0) is 60.5 Å². The third-order valence-corrected chi connectivity index (χ3v) is 7.32. The normalized spacial score (nSPS) is 14.2. The molecule has 8 nitrogen and oxygen atoms in total. The first kappa shape index (κ1) is 25.3. The minimum atomic E-state index is -0.368. The fourth-order valence-electron chi connectivity index (χ4n) is 5.38. The van der Waals surface area contributed by atoms with E-state index >= 15 is 0 Å². The molecular weight excluding hydrogens is 502 g/mol. The van der Waals surface area contributed by atoms with Gasteiger partial charge >= 0.3 is 6.03 Å². The smallest absolute Gasteiger partial charge is 0.322 e. The summed E-state index contributed by atoms with van der Waals surface area (Å²) < 4.78 is 15.0. The number of carbonyl (C=O) groups excluding carboxylic acids is 1. The molecule has 0 saturated heterocycles. The van der Waals surface area contributed by atoms with Crippen LogP contribution in [0.25, 0.3) is 11.5 Å². The average Bonchev–Trinajstić information content (AvgIpc) is 3.59. The molecule has 1 atom stereocenters. The lowest BCUT2D eigenvalue weighted by Gasteiger charge is -2.31. The third kappa shape index (κ3) is 4.47. The molecule has 0 saturated carbocycles. The largest absolute Gasteiger partial charge is 0.497 e. The summed E-state index contributed by atoms with van der Waals surface area (Å²) in [5, 5.41) is 8.14. The van der Waals surface area contributed by atoms with Gasteiger partial charge in [0.1, 0.15) is 17.3 Å². The maximum Gasteiger partial charge on any atom is 0.322 e. The van der Waals surface area contributed by atoms with Gasteiger partial charge in [-0.25, -0.2) is 9.48 Å². The molecule has 0 radical (unpaired) electrons. The Kier molecular flexibility index (Phi) is 6.74. The number of hydrogen-bond donors (Lipinski definition) is 1. The Morgan fingerprint density at radius 2 is 1.70 bits per heavy atom. The van der Waals surface area contributed by atoms with Gasteiger partial charge in [-0.15, -0.1) is 0 Å². The van der Waals surface area contributed by atoms with Crippen molar-refractivity contribution in [3.8, 4) is 23.0 Å². The molecule has 6 rings (SSSR count). The fraction of sp³-hybridized carbons (Fsp3) is 0.188. The second-order valence-corrected chi connectivity index (χ2v) is 9.62. The molecule has 1 unspecified atom stereocenters. The first-order valence-electron chi connectivity index (χ1n) is 13.3. The maximum absolute atomic E-state index is 14.2. The lowest BCUT2D eigenvalue weighted by molar-refractivity contribution is 0.194. The SMILES string of the molecule is CCc1nn(-c2ccccc2)c2c1CN(C(=O)Nc1cccc(OC)c1)C(c1ccc(OC)cc1)c1cccn1-2. The standard InChI is InChI=1S/C32H31N5O3/c1-4-28-27-21-36(32(38)33-23-10-8-13-26(20-23)40-3)30(22-15-17-25(39-2)18-16-22)29-14-9-19-35(29)31(27)37(34-28)24-11-6-5-7-12-24/h5-20,30H,4,21H2,1-3H3,(H,33,38). The van der Waals surface area contributed by atoms with Crippen LogP contribution in [0.2, 0.25) is 0 Å². The highest BCUT2D eigenvalue weighted by Crippen LogP contribution is 2.39. The summed E-state index contributed by atoms with van der Waals surface area (Å²) in [6, 6.07) is 28.9. The van der Waals surface area contributed by atoms with E-state index in [-0.39, 0.29) is 12.1 Å². The number of para-hydroxylation sites is 1. The number of nitrogens with one attached hydrogen (secondary N) is 1. The molecule has 3 aromatic carbocycles. The molecule has 2 amide bonds. The number of fused-ring (bicyclic) bond motifs is 3. The van der Waals surface area contributed by atoms with Crippen LogP contribution >= 0.6 is 0 Å². The molecule has 1 N–H and O–H groups in total. The van der Waals surface area contributed by atoms with Gasteiger partial charge in [-0.3, -0.25) is 0 Å². The zero-order chi connectivity index (χ0) is 27.6. The van der Waals surface area contributed by atoms with Gasteiger partial charge in [0.15, 0.2) is 0 Å². The van der Waals surface area contributed by atoms with E-state index in [4.69, 9.17) is 14.6 Å². The number of methoxy groups -OCH3 is 2. The van der Waals surface area contributed by atoms with Crippen molar-refractivity contribution in [1.29, 1.82) is 0 Å². The van der Waals surface area contributed by atoms with Crippen molar-refractivity contribution in [2.24, 2.45) is 0 Å². The van der Waals surface area contributed by atoms with Gasteiger partial charge in [0.2, 0.25) is 0 Å². The van der Waals surface area contributed by atoms with E-state index in [1.54, 1.807) is 14.2 Å². The predicted octanol–water partition coefficient (Wildman–Crippen LogP) is 6.38. The molecule has 0 fully saturated rings. The van der Waals surface area contributed by atoms with Crippen molar-refractivity contribution in [2.45, 2.75) is 25.9 Å². The second-order valence-electron chi connectivity index (χ2n) is 9.62. The number of aryl methyl sites for hydroxylation is 1. The highest BCUT2D eigenvalue weighted by Gasteiger charge is 2.36. The van der Waals surface area contributed by atoms with Crippen LogP contribution in [-0.2, 0) is 13.0 Å². The monoisotopic (exact) mass is 533 g/mol. The van der Waals surface area contributed by atoms with E-state index < -0.39 is 0 Å². The molecule has 0 spiro atoms. The zero-order valence-corrected chi connectivity index (χ0v) is 22.7. The molecular formula is C32H31N5O3. The van der Waals surface area contributed by atoms with Gasteiger partial charge in [-0.1, -0.05) is 43.3 Å². The van der Waals surface area contributed by atoms with Crippen molar-refractivity contribution in [2.75, 3.05) is 19.5 Å². The third-order valence-electron chi connectivity index (χ3n) is 7.32. The van der Waals surface area contributed by atoms with Gasteiger partial charge in [0, 0.05) is 23.5 Å². The van der Waals surface area contributed by atoms with E-state index in [1.165, 1.54) is 0 Å². The number of anilines is 1.